The number of allylic oxidation sites excluding steroid dienone is 4. The van der Waals surface area contributed by atoms with E-state index >= 15 is 0 Å². The Kier molecular flexibility index (Phi) is 11.5. The van der Waals surface area contributed by atoms with Crippen LogP contribution in [0.5, 0.6) is 0 Å². The molecule has 1 atom stereocenters. The molecule has 1 aliphatic carbocycles. The van der Waals surface area contributed by atoms with Gasteiger partial charge in [-0.25, -0.2) is 0 Å². The third-order valence-corrected chi connectivity index (χ3v) is 7.58. The first-order chi connectivity index (χ1) is 14.2. The summed E-state index contributed by atoms with van der Waals surface area (Å²) in [5.41, 5.74) is 5.39. The van der Waals surface area contributed by atoms with Gasteiger partial charge in [0.15, 0.2) is 0 Å². The van der Waals surface area contributed by atoms with Gasteiger partial charge in [0.2, 0.25) is 0 Å². The Hall–Kier alpha value is -1.28. The van der Waals surface area contributed by atoms with Crippen molar-refractivity contribution in [1.82, 2.24) is 0 Å². The number of benzene rings is 3. The molecule has 32 heavy (non-hydrogen) atoms. The van der Waals surface area contributed by atoms with E-state index < -0.39 is 0 Å². The second-order valence-electron chi connectivity index (χ2n) is 7.85. The summed E-state index contributed by atoms with van der Waals surface area (Å²) in [6.07, 6.45) is 10.5. The Morgan fingerprint density at radius 3 is 1.66 bits per heavy atom. The minimum Gasteiger partial charge on any atom is -1.00 e. The van der Waals surface area contributed by atoms with E-state index in [1.165, 1.54) is 35.1 Å². The number of unbranched alkanes of at least 4 members (excludes halogenated alkanes) is 1. The quantitative estimate of drug-likeness (QED) is 0.336. The van der Waals surface area contributed by atoms with Gasteiger partial charge in [-0.2, -0.15) is 0 Å². The van der Waals surface area contributed by atoms with Gasteiger partial charge in [0, 0.05) is 0 Å². The van der Waals surface area contributed by atoms with Crippen molar-refractivity contribution in [3.63, 3.8) is 0 Å². The molecule has 4 rings (SSSR count). The van der Waals surface area contributed by atoms with Gasteiger partial charge >= 0.3 is 187 Å². The van der Waals surface area contributed by atoms with Gasteiger partial charge in [-0.15, -0.1) is 0 Å². The minimum atomic E-state index is -0.133. The topological polar surface area (TPSA) is 0 Å². The van der Waals surface area contributed by atoms with E-state index in [1.54, 1.807) is 0 Å². The van der Waals surface area contributed by atoms with Crippen LogP contribution in [0.4, 0.5) is 0 Å². The third kappa shape index (κ3) is 5.11. The van der Waals surface area contributed by atoms with Gasteiger partial charge in [0.05, 0.1) is 0 Å². The van der Waals surface area contributed by atoms with Crippen molar-refractivity contribution in [2.45, 2.75) is 35.3 Å². The summed E-state index contributed by atoms with van der Waals surface area (Å²) in [7, 11) is 0. The van der Waals surface area contributed by atoms with Crippen LogP contribution in [0.15, 0.2) is 109 Å². The van der Waals surface area contributed by atoms with E-state index in [2.05, 4.69) is 137 Å². The molecule has 3 aromatic carbocycles. The zero-order valence-corrected chi connectivity index (χ0v) is 22.0. The fraction of sp³-hybridized carbons (Fsp3) is 0.214. The molecule has 4 heteroatoms. The zero-order chi connectivity index (χ0) is 20.2. The van der Waals surface area contributed by atoms with Gasteiger partial charge in [0.1, 0.15) is 0 Å². The molecule has 0 N–H and O–H groups in total. The standard InChI is InChI=1S/C28H27.3ClH.Ti/c1-2-3-22-28(24-16-9-5-10-17-24,25-18-11-6-12-19-25)27-21-13-20-26(27)23-14-7-4-8-15-23;;;;/h4-21H,2-3,22H2,1H3;3*1H;/q;;;;+3/p-3. The molecule has 0 aromatic heterocycles. The number of hydrogen-bond acceptors (Lipinski definition) is 0. The molecule has 164 valence electrons. The Labute approximate surface area is 223 Å². The second kappa shape index (κ2) is 12.8. The smallest absolute Gasteiger partial charge is 1.00 e. The van der Waals surface area contributed by atoms with Crippen LogP contribution in [0.2, 0.25) is 3.72 Å². The molecule has 0 spiro atoms. The molecule has 0 aliphatic heterocycles. The summed E-state index contributed by atoms with van der Waals surface area (Å²) in [6.45, 7) is 2.29. The van der Waals surface area contributed by atoms with Crippen LogP contribution in [0.3, 0.4) is 0 Å². The maximum Gasteiger partial charge on any atom is -1.00 e. The maximum absolute atomic E-state index is 2.44. The molecule has 0 saturated heterocycles. The van der Waals surface area contributed by atoms with Crippen molar-refractivity contribution >= 4 is 5.57 Å². The van der Waals surface area contributed by atoms with Crippen molar-refractivity contribution in [2.75, 3.05) is 0 Å². The Morgan fingerprint density at radius 2 is 1.19 bits per heavy atom. The SMILES string of the molecule is CCCCC(c1ccccc1)(c1ccccc1)[C]1([Ti+3])C=CC=C1c1ccccc1.[Cl-].[Cl-].[Cl-]. The molecule has 0 saturated carbocycles. The summed E-state index contributed by atoms with van der Waals surface area (Å²) in [6, 6.07) is 33.2. The van der Waals surface area contributed by atoms with Gasteiger partial charge in [-0.1, -0.05) is 0 Å². The van der Waals surface area contributed by atoms with Crippen molar-refractivity contribution in [2.24, 2.45) is 0 Å². The maximum atomic E-state index is 2.44. The molecule has 3 aromatic rings. The van der Waals surface area contributed by atoms with Crippen molar-refractivity contribution in [1.29, 1.82) is 0 Å². The Bertz CT molecular complexity index is 961. The number of hydrogen-bond donors (Lipinski definition) is 0. The van der Waals surface area contributed by atoms with Gasteiger partial charge in [-0.3, -0.25) is 0 Å². The van der Waals surface area contributed by atoms with E-state index in [1.807, 2.05) is 0 Å². The number of rotatable bonds is 7. The van der Waals surface area contributed by atoms with Crippen LogP contribution in [0.1, 0.15) is 42.9 Å². The molecular weight excluding hydrogens is 491 g/mol. The van der Waals surface area contributed by atoms with E-state index in [0.29, 0.717) is 0 Å². The van der Waals surface area contributed by atoms with Gasteiger partial charge in [0.25, 0.3) is 0 Å². The zero-order valence-electron chi connectivity index (χ0n) is 18.1. The number of halogens is 3. The van der Waals surface area contributed by atoms with E-state index in [0.717, 1.165) is 6.42 Å². The third-order valence-electron chi connectivity index (χ3n) is 6.23. The fourth-order valence-corrected chi connectivity index (χ4v) is 5.97. The summed E-state index contributed by atoms with van der Waals surface area (Å²) >= 11 is 2.44. The Balaban J connectivity index is 0.00000171. The average Bonchev–Trinajstić information content (AvgIpc) is 3.19. The minimum absolute atomic E-state index is 0. The molecule has 0 amide bonds. The molecule has 0 nitrogen and oxygen atoms in total. The molecule has 0 bridgehead atoms. The summed E-state index contributed by atoms with van der Waals surface area (Å²) in [4.78, 5) is 0. The summed E-state index contributed by atoms with van der Waals surface area (Å²) in [5, 5.41) is 0. The second-order valence-corrected chi connectivity index (χ2v) is 9.09. The van der Waals surface area contributed by atoms with E-state index in [4.69, 9.17) is 0 Å². The normalized spacial score (nSPS) is 16.9. The molecular formula is C28H27Cl3Ti. The first kappa shape index (κ1) is 28.8. The molecule has 0 heterocycles. The van der Waals surface area contributed by atoms with Crippen molar-refractivity contribution in [3.05, 3.63) is 126 Å². The van der Waals surface area contributed by atoms with Crippen LogP contribution in [-0.4, -0.2) is 0 Å². The van der Waals surface area contributed by atoms with E-state index in [9.17, 15) is 0 Å². The van der Waals surface area contributed by atoms with Crippen LogP contribution in [0, 0.1) is 0 Å². The predicted molar refractivity (Wildman–Crippen MR) is 119 cm³/mol. The fourth-order valence-electron chi connectivity index (χ4n) is 4.82. The van der Waals surface area contributed by atoms with Crippen molar-refractivity contribution in [3.8, 4) is 0 Å². The predicted octanol–water partition coefficient (Wildman–Crippen LogP) is -1.47. The monoisotopic (exact) mass is 516 g/mol. The molecule has 1 unspecified atom stereocenters. The van der Waals surface area contributed by atoms with Crippen LogP contribution in [0.25, 0.3) is 5.57 Å². The molecule has 0 radical (unpaired) electrons. The average molecular weight is 518 g/mol. The van der Waals surface area contributed by atoms with Crippen LogP contribution >= 0.6 is 0 Å². The molecule has 1 aliphatic rings. The van der Waals surface area contributed by atoms with Gasteiger partial charge < -0.3 is 37.2 Å². The van der Waals surface area contributed by atoms with Crippen molar-refractivity contribution < 1.29 is 57.7 Å². The van der Waals surface area contributed by atoms with E-state index in [-0.39, 0.29) is 46.4 Å². The Morgan fingerprint density at radius 1 is 0.719 bits per heavy atom. The van der Waals surface area contributed by atoms with Gasteiger partial charge in [-0.05, 0) is 0 Å². The first-order valence-corrected chi connectivity index (χ1v) is 11.3. The largest absolute Gasteiger partial charge is 1.00 e. The summed E-state index contributed by atoms with van der Waals surface area (Å²) < 4.78 is -0.133. The molecule has 0 fully saturated rings. The van der Waals surface area contributed by atoms with Crippen LogP contribution < -0.4 is 37.2 Å². The summed E-state index contributed by atoms with van der Waals surface area (Å²) in [5.74, 6) is 0. The first-order valence-electron chi connectivity index (χ1n) is 10.5. The van der Waals surface area contributed by atoms with Crippen LogP contribution in [-0.2, 0) is 25.9 Å².